The molecule has 0 fully saturated rings. The highest BCUT2D eigenvalue weighted by Crippen LogP contribution is 2.20. The summed E-state index contributed by atoms with van der Waals surface area (Å²) >= 11 is 4.02. The second kappa shape index (κ2) is 3.44. The number of aldehydes is 1. The van der Waals surface area contributed by atoms with Crippen molar-refractivity contribution in [2.75, 3.05) is 0 Å². The van der Waals surface area contributed by atoms with E-state index in [9.17, 15) is 9.90 Å². The SMILES string of the molecule is O=CCc1ccc(S)cc1O. The van der Waals surface area contributed by atoms with Crippen molar-refractivity contribution in [1.82, 2.24) is 0 Å². The molecule has 0 amide bonds. The number of aromatic hydroxyl groups is 1. The molecule has 0 unspecified atom stereocenters. The van der Waals surface area contributed by atoms with Gasteiger partial charge in [-0.05, 0) is 12.1 Å². The van der Waals surface area contributed by atoms with Crippen molar-refractivity contribution in [2.45, 2.75) is 11.3 Å². The van der Waals surface area contributed by atoms with E-state index in [4.69, 9.17) is 0 Å². The van der Waals surface area contributed by atoms with Crippen molar-refractivity contribution in [3.63, 3.8) is 0 Å². The van der Waals surface area contributed by atoms with E-state index in [0.717, 1.165) is 6.29 Å². The first-order valence-corrected chi connectivity index (χ1v) is 3.63. The van der Waals surface area contributed by atoms with Gasteiger partial charge in [0.15, 0.2) is 0 Å². The lowest BCUT2D eigenvalue weighted by Gasteiger charge is -1.99. The summed E-state index contributed by atoms with van der Waals surface area (Å²) in [6.45, 7) is 0. The molecule has 1 N–H and O–H groups in total. The quantitative estimate of drug-likeness (QED) is 0.517. The smallest absolute Gasteiger partial charge is 0.124 e. The molecule has 11 heavy (non-hydrogen) atoms. The van der Waals surface area contributed by atoms with Crippen LogP contribution in [-0.2, 0) is 11.2 Å². The van der Waals surface area contributed by atoms with Gasteiger partial charge in [-0.1, -0.05) is 6.07 Å². The number of hydrogen-bond donors (Lipinski definition) is 2. The molecule has 1 aromatic carbocycles. The lowest BCUT2D eigenvalue weighted by atomic mass is 10.1. The van der Waals surface area contributed by atoms with Gasteiger partial charge in [0.2, 0.25) is 0 Å². The fourth-order valence-corrected chi connectivity index (χ4v) is 1.01. The molecule has 1 aromatic rings. The van der Waals surface area contributed by atoms with Gasteiger partial charge in [-0.3, -0.25) is 0 Å². The monoisotopic (exact) mass is 168 g/mol. The normalized spacial score (nSPS) is 9.55. The first-order chi connectivity index (χ1) is 5.24. The highest BCUT2D eigenvalue weighted by molar-refractivity contribution is 7.80. The van der Waals surface area contributed by atoms with Crippen molar-refractivity contribution in [3.8, 4) is 5.75 Å². The molecular weight excluding hydrogens is 160 g/mol. The number of benzene rings is 1. The maximum absolute atomic E-state index is 10.1. The number of carbonyl (C=O) groups is 1. The molecule has 0 aliphatic carbocycles. The Morgan fingerprint density at radius 3 is 2.82 bits per heavy atom. The lowest BCUT2D eigenvalue weighted by Crippen LogP contribution is -1.85. The largest absolute Gasteiger partial charge is 0.508 e. The molecule has 0 saturated carbocycles. The molecule has 0 aliphatic heterocycles. The first kappa shape index (κ1) is 8.14. The van der Waals surface area contributed by atoms with Crippen molar-refractivity contribution in [3.05, 3.63) is 23.8 Å². The molecule has 3 heteroatoms. The van der Waals surface area contributed by atoms with Gasteiger partial charge in [0, 0.05) is 16.9 Å². The zero-order chi connectivity index (χ0) is 8.27. The number of phenols is 1. The Bertz CT molecular complexity index is 271. The number of thiol groups is 1. The summed E-state index contributed by atoms with van der Waals surface area (Å²) in [6.07, 6.45) is 1.01. The van der Waals surface area contributed by atoms with Crippen molar-refractivity contribution >= 4 is 18.9 Å². The summed E-state index contributed by atoms with van der Waals surface area (Å²) < 4.78 is 0. The maximum atomic E-state index is 10.1. The van der Waals surface area contributed by atoms with Gasteiger partial charge in [0.25, 0.3) is 0 Å². The standard InChI is InChI=1S/C8H8O2S/c9-4-3-6-1-2-7(11)5-8(6)10/h1-2,4-5,10-11H,3H2. The second-order valence-electron chi connectivity index (χ2n) is 2.18. The minimum absolute atomic E-state index is 0.129. The zero-order valence-corrected chi connectivity index (χ0v) is 6.71. The van der Waals surface area contributed by atoms with Gasteiger partial charge >= 0.3 is 0 Å². The molecular formula is C8H8O2S. The Morgan fingerprint density at radius 1 is 1.55 bits per heavy atom. The lowest BCUT2D eigenvalue weighted by molar-refractivity contribution is -0.107. The van der Waals surface area contributed by atoms with Crippen LogP contribution in [0.4, 0.5) is 0 Å². The van der Waals surface area contributed by atoms with Crippen LogP contribution in [0, 0.1) is 0 Å². The van der Waals surface area contributed by atoms with Crippen LogP contribution in [0.25, 0.3) is 0 Å². The van der Waals surface area contributed by atoms with E-state index in [1.54, 1.807) is 12.1 Å². The number of hydrogen-bond acceptors (Lipinski definition) is 3. The summed E-state index contributed by atoms with van der Waals surface area (Å²) in [6, 6.07) is 4.94. The summed E-state index contributed by atoms with van der Waals surface area (Å²) in [5, 5.41) is 9.21. The van der Waals surface area contributed by atoms with Crippen molar-refractivity contribution < 1.29 is 9.90 Å². The van der Waals surface area contributed by atoms with Crippen LogP contribution in [-0.4, -0.2) is 11.4 Å². The van der Waals surface area contributed by atoms with Gasteiger partial charge < -0.3 is 9.90 Å². The predicted molar refractivity (Wildman–Crippen MR) is 45.1 cm³/mol. The molecule has 0 saturated heterocycles. The Hall–Kier alpha value is -0.960. The Morgan fingerprint density at radius 2 is 2.27 bits per heavy atom. The molecule has 0 atom stereocenters. The molecule has 0 aromatic heterocycles. The maximum Gasteiger partial charge on any atom is 0.124 e. The van der Waals surface area contributed by atoms with E-state index in [-0.39, 0.29) is 12.2 Å². The van der Waals surface area contributed by atoms with Crippen LogP contribution in [0.15, 0.2) is 23.1 Å². The third-order valence-corrected chi connectivity index (χ3v) is 1.65. The van der Waals surface area contributed by atoms with Crippen LogP contribution in [0.2, 0.25) is 0 Å². The average Bonchev–Trinajstić information content (AvgIpc) is 1.95. The Kier molecular flexibility index (Phi) is 2.54. The topological polar surface area (TPSA) is 37.3 Å². The number of phenolic OH excluding ortho intramolecular Hbond substituents is 1. The second-order valence-corrected chi connectivity index (χ2v) is 2.70. The summed E-state index contributed by atoms with van der Waals surface area (Å²) in [4.78, 5) is 10.8. The zero-order valence-electron chi connectivity index (χ0n) is 5.82. The minimum Gasteiger partial charge on any atom is -0.508 e. The summed E-state index contributed by atoms with van der Waals surface area (Å²) in [5.41, 5.74) is 0.637. The van der Waals surface area contributed by atoms with Gasteiger partial charge in [0.05, 0.1) is 0 Å². The number of rotatable bonds is 2. The molecule has 0 aliphatic rings. The number of carbonyl (C=O) groups excluding carboxylic acids is 1. The Labute approximate surface area is 70.3 Å². The van der Waals surface area contributed by atoms with E-state index in [1.165, 1.54) is 6.07 Å². The van der Waals surface area contributed by atoms with Crippen LogP contribution < -0.4 is 0 Å². The van der Waals surface area contributed by atoms with Crippen molar-refractivity contribution in [1.29, 1.82) is 0 Å². The van der Waals surface area contributed by atoms with Gasteiger partial charge in [-0.25, -0.2) is 0 Å². The van der Waals surface area contributed by atoms with Crippen molar-refractivity contribution in [2.24, 2.45) is 0 Å². The predicted octanol–water partition coefficient (Wildman–Crippen LogP) is 1.42. The molecule has 58 valence electrons. The highest BCUT2D eigenvalue weighted by Gasteiger charge is 1.98. The molecule has 0 bridgehead atoms. The average molecular weight is 168 g/mol. The Balaban J connectivity index is 2.98. The van der Waals surface area contributed by atoms with E-state index < -0.39 is 0 Å². The summed E-state index contributed by atoms with van der Waals surface area (Å²) in [5.74, 6) is 0.129. The van der Waals surface area contributed by atoms with Gasteiger partial charge in [-0.2, -0.15) is 0 Å². The van der Waals surface area contributed by atoms with Crippen LogP contribution in [0.3, 0.4) is 0 Å². The van der Waals surface area contributed by atoms with Gasteiger partial charge in [-0.15, -0.1) is 12.6 Å². The molecule has 0 radical (unpaired) electrons. The van der Waals surface area contributed by atoms with E-state index >= 15 is 0 Å². The van der Waals surface area contributed by atoms with E-state index in [0.29, 0.717) is 10.5 Å². The van der Waals surface area contributed by atoms with Gasteiger partial charge in [0.1, 0.15) is 12.0 Å². The van der Waals surface area contributed by atoms with Crippen LogP contribution in [0.1, 0.15) is 5.56 Å². The third-order valence-electron chi connectivity index (χ3n) is 1.37. The van der Waals surface area contributed by atoms with E-state index in [2.05, 4.69) is 12.6 Å². The summed E-state index contributed by atoms with van der Waals surface area (Å²) in [7, 11) is 0. The fraction of sp³-hybridized carbons (Fsp3) is 0.125. The molecule has 0 heterocycles. The molecule has 0 spiro atoms. The first-order valence-electron chi connectivity index (χ1n) is 3.18. The fourth-order valence-electron chi connectivity index (χ4n) is 0.815. The highest BCUT2D eigenvalue weighted by atomic mass is 32.1. The van der Waals surface area contributed by atoms with E-state index in [1.807, 2.05) is 0 Å². The van der Waals surface area contributed by atoms with Crippen LogP contribution >= 0.6 is 12.6 Å². The molecule has 2 nitrogen and oxygen atoms in total. The minimum atomic E-state index is 0.129. The molecule has 1 rings (SSSR count). The third kappa shape index (κ3) is 1.98. The van der Waals surface area contributed by atoms with Crippen LogP contribution in [0.5, 0.6) is 5.75 Å².